The van der Waals surface area contributed by atoms with Gasteiger partial charge in [0.15, 0.2) is 11.6 Å². The molecule has 4 aromatic carbocycles. The Morgan fingerprint density at radius 1 is 0.730 bits per heavy atom. The third-order valence-electron chi connectivity index (χ3n) is 7.15. The Morgan fingerprint density at radius 3 is 2.22 bits per heavy atom. The molecule has 1 aliphatic carbocycles. The lowest BCUT2D eigenvalue weighted by atomic mass is 9.78. The lowest BCUT2D eigenvalue weighted by Crippen LogP contribution is -2.26. The third kappa shape index (κ3) is 4.63. The van der Waals surface area contributed by atoms with Crippen molar-refractivity contribution in [3.63, 3.8) is 0 Å². The predicted octanol–water partition coefficient (Wildman–Crippen LogP) is 7.66. The lowest BCUT2D eigenvalue weighted by molar-refractivity contribution is -0.116. The van der Waals surface area contributed by atoms with Crippen LogP contribution < -0.4 is 10.6 Å². The molecule has 4 nitrogen and oxygen atoms in total. The van der Waals surface area contributed by atoms with E-state index in [0.717, 1.165) is 38.2 Å². The Kier molecular flexibility index (Phi) is 6.23. The Bertz CT molecular complexity index is 1530. The number of Topliss-reactive ketones (excluding diaryl/α,β-unsaturated/α-hetero) is 1. The normalized spacial score (nSPS) is 18.7. The zero-order valence-corrected chi connectivity index (χ0v) is 21.7. The van der Waals surface area contributed by atoms with Crippen LogP contribution >= 0.6 is 15.9 Å². The van der Waals surface area contributed by atoms with Gasteiger partial charge < -0.3 is 10.6 Å². The van der Waals surface area contributed by atoms with Crippen LogP contribution in [0.3, 0.4) is 0 Å². The monoisotopic (exact) mass is 548 g/mol. The van der Waals surface area contributed by atoms with Gasteiger partial charge in [-0.25, -0.2) is 0 Å². The second-order valence-corrected chi connectivity index (χ2v) is 10.5. The smallest absolute Gasteiger partial charge is 0.193 e. The fraction of sp³-hybridized carbons (Fsp3) is 0.125. The Morgan fingerprint density at radius 2 is 1.46 bits per heavy atom. The quantitative estimate of drug-likeness (QED) is 0.257. The van der Waals surface area contributed by atoms with Crippen molar-refractivity contribution in [2.75, 3.05) is 10.6 Å². The second-order valence-electron chi connectivity index (χ2n) is 9.54. The van der Waals surface area contributed by atoms with E-state index in [1.165, 1.54) is 0 Å². The molecule has 37 heavy (non-hydrogen) atoms. The van der Waals surface area contributed by atoms with Gasteiger partial charge in [0.2, 0.25) is 0 Å². The molecular formula is C32H25BrN2O2. The number of carbonyl (C=O) groups excluding carboxylic acids is 2. The molecular weight excluding hydrogens is 524 g/mol. The molecule has 6 rings (SSSR count). The molecule has 2 unspecified atom stereocenters. The van der Waals surface area contributed by atoms with Crippen LogP contribution in [0.2, 0.25) is 0 Å². The van der Waals surface area contributed by atoms with Gasteiger partial charge in [-0.2, -0.15) is 0 Å². The summed E-state index contributed by atoms with van der Waals surface area (Å²) in [4.78, 5) is 26.9. The number of benzene rings is 4. The number of halogens is 1. The number of nitrogens with one attached hydrogen (secondary N) is 2. The Hall–Kier alpha value is -3.96. The summed E-state index contributed by atoms with van der Waals surface area (Å²) in [5, 5.41) is 7.20. The molecule has 0 saturated carbocycles. The van der Waals surface area contributed by atoms with Gasteiger partial charge in [-0.15, -0.1) is 0 Å². The first kappa shape index (κ1) is 23.4. The fourth-order valence-electron chi connectivity index (χ4n) is 5.34. The maximum atomic E-state index is 13.7. The van der Waals surface area contributed by atoms with Gasteiger partial charge in [0.25, 0.3) is 0 Å². The number of rotatable bonds is 4. The van der Waals surface area contributed by atoms with E-state index < -0.39 is 0 Å². The predicted molar refractivity (Wildman–Crippen MR) is 151 cm³/mol. The van der Waals surface area contributed by atoms with Crippen molar-refractivity contribution >= 4 is 38.9 Å². The Labute approximate surface area is 224 Å². The summed E-state index contributed by atoms with van der Waals surface area (Å²) in [6.45, 7) is 0. The number of carbonyl (C=O) groups is 2. The minimum Gasteiger partial charge on any atom is -0.372 e. The van der Waals surface area contributed by atoms with Gasteiger partial charge in [-0.05, 0) is 53.8 Å². The van der Waals surface area contributed by atoms with Crippen LogP contribution in [0, 0.1) is 0 Å². The maximum absolute atomic E-state index is 13.7. The van der Waals surface area contributed by atoms with E-state index in [0.29, 0.717) is 24.0 Å². The van der Waals surface area contributed by atoms with E-state index in [-0.39, 0.29) is 23.5 Å². The van der Waals surface area contributed by atoms with Crippen molar-refractivity contribution in [1.29, 1.82) is 0 Å². The van der Waals surface area contributed by atoms with E-state index in [9.17, 15) is 9.59 Å². The van der Waals surface area contributed by atoms with Crippen molar-refractivity contribution in [1.82, 2.24) is 0 Å². The molecule has 0 bridgehead atoms. The van der Waals surface area contributed by atoms with Crippen molar-refractivity contribution in [2.24, 2.45) is 0 Å². The number of hydrogen-bond acceptors (Lipinski definition) is 4. The van der Waals surface area contributed by atoms with Gasteiger partial charge in [-0.3, -0.25) is 9.59 Å². The van der Waals surface area contributed by atoms with E-state index in [2.05, 4.69) is 44.8 Å². The highest BCUT2D eigenvalue weighted by Gasteiger charge is 2.36. The molecule has 0 spiro atoms. The average molecular weight is 549 g/mol. The zero-order valence-electron chi connectivity index (χ0n) is 20.1. The van der Waals surface area contributed by atoms with Gasteiger partial charge in [0, 0.05) is 33.3 Å². The van der Waals surface area contributed by atoms with Crippen molar-refractivity contribution in [2.45, 2.75) is 24.8 Å². The largest absolute Gasteiger partial charge is 0.372 e. The minimum absolute atomic E-state index is 0.0333. The first-order valence-electron chi connectivity index (χ1n) is 12.4. The molecule has 1 aliphatic heterocycles. The molecule has 4 aromatic rings. The lowest BCUT2D eigenvalue weighted by Gasteiger charge is -2.30. The molecule has 0 amide bonds. The van der Waals surface area contributed by atoms with Gasteiger partial charge >= 0.3 is 0 Å². The van der Waals surface area contributed by atoms with Crippen LogP contribution in [-0.4, -0.2) is 11.6 Å². The summed E-state index contributed by atoms with van der Waals surface area (Å²) < 4.78 is 0.959. The van der Waals surface area contributed by atoms with Crippen LogP contribution in [-0.2, 0) is 4.79 Å². The molecule has 0 aromatic heterocycles. The maximum Gasteiger partial charge on any atom is 0.193 e. The SMILES string of the molecule is O=C1CC(c2ccccc2)CC2=C1C(c1cccc(Br)c1)Nc1ccc(C(=O)c3ccccc3)cc1N2. The summed E-state index contributed by atoms with van der Waals surface area (Å²) in [7, 11) is 0. The van der Waals surface area contributed by atoms with Crippen LogP contribution in [0.15, 0.2) is 119 Å². The summed E-state index contributed by atoms with van der Waals surface area (Å²) in [5.74, 6) is 0.196. The molecule has 5 heteroatoms. The number of ketones is 2. The third-order valence-corrected chi connectivity index (χ3v) is 7.65. The topological polar surface area (TPSA) is 58.2 Å². The van der Waals surface area contributed by atoms with Gasteiger partial charge in [-0.1, -0.05) is 88.7 Å². The first-order valence-corrected chi connectivity index (χ1v) is 13.2. The molecule has 2 atom stereocenters. The standard InChI is InChI=1S/C32H25BrN2O2/c33-25-13-7-12-22(16-25)31-30-28(18-24(19-29(30)36)20-8-3-1-4-9-20)34-27-17-23(14-15-26(27)35-31)32(37)21-10-5-2-6-11-21/h1-17,24,31,34-35H,18-19H2. The first-order chi connectivity index (χ1) is 18.1. The molecule has 1 heterocycles. The molecule has 182 valence electrons. The zero-order chi connectivity index (χ0) is 25.4. The number of anilines is 2. The van der Waals surface area contributed by atoms with Crippen molar-refractivity contribution in [3.05, 3.63) is 141 Å². The highest BCUT2D eigenvalue weighted by Crippen LogP contribution is 2.44. The van der Waals surface area contributed by atoms with Crippen molar-refractivity contribution in [3.8, 4) is 0 Å². The molecule has 2 N–H and O–H groups in total. The summed E-state index contributed by atoms with van der Waals surface area (Å²) in [6, 6.07) is 32.9. The minimum atomic E-state index is -0.304. The van der Waals surface area contributed by atoms with Gasteiger partial charge in [0.05, 0.1) is 17.4 Å². The number of hydrogen-bond donors (Lipinski definition) is 2. The summed E-state index contributed by atoms with van der Waals surface area (Å²) in [6.07, 6.45) is 1.18. The average Bonchev–Trinajstić information content (AvgIpc) is 3.10. The molecule has 2 aliphatic rings. The van der Waals surface area contributed by atoms with E-state index >= 15 is 0 Å². The van der Waals surface area contributed by atoms with Crippen molar-refractivity contribution < 1.29 is 9.59 Å². The summed E-state index contributed by atoms with van der Waals surface area (Å²) in [5.41, 5.74) is 6.74. The Balaban J connectivity index is 1.44. The van der Waals surface area contributed by atoms with Gasteiger partial charge in [0.1, 0.15) is 0 Å². The van der Waals surface area contributed by atoms with E-state index in [1.807, 2.05) is 84.9 Å². The highest BCUT2D eigenvalue weighted by molar-refractivity contribution is 9.10. The van der Waals surface area contributed by atoms with Crippen LogP contribution in [0.1, 0.15) is 51.8 Å². The summed E-state index contributed by atoms with van der Waals surface area (Å²) >= 11 is 3.59. The van der Waals surface area contributed by atoms with Crippen LogP contribution in [0.5, 0.6) is 0 Å². The molecule has 0 radical (unpaired) electrons. The van der Waals surface area contributed by atoms with E-state index in [4.69, 9.17) is 0 Å². The van der Waals surface area contributed by atoms with Crippen LogP contribution in [0.4, 0.5) is 11.4 Å². The number of allylic oxidation sites excluding steroid dienone is 1. The molecule has 0 fully saturated rings. The molecule has 0 saturated heterocycles. The number of fused-ring (bicyclic) bond motifs is 1. The fourth-order valence-corrected chi connectivity index (χ4v) is 5.76. The highest BCUT2D eigenvalue weighted by atomic mass is 79.9. The van der Waals surface area contributed by atoms with Crippen LogP contribution in [0.25, 0.3) is 0 Å². The van der Waals surface area contributed by atoms with E-state index in [1.54, 1.807) is 0 Å². The second kappa shape index (κ2) is 9.83.